The Labute approximate surface area is 109 Å². The van der Waals surface area contributed by atoms with Crippen LogP contribution >= 0.6 is 0 Å². The average Bonchev–Trinajstić information content (AvgIpc) is 2.45. The summed E-state index contributed by atoms with van der Waals surface area (Å²) in [7, 11) is 2.07. The van der Waals surface area contributed by atoms with E-state index < -0.39 is 0 Å². The fourth-order valence-electron chi connectivity index (χ4n) is 2.08. The van der Waals surface area contributed by atoms with Gasteiger partial charge in [-0.1, -0.05) is 48.5 Å². The van der Waals surface area contributed by atoms with Crippen LogP contribution in [0.5, 0.6) is 0 Å². The number of para-hydroxylation sites is 1. The molecule has 2 rings (SSSR count). The van der Waals surface area contributed by atoms with Crippen LogP contribution in [0.2, 0.25) is 0 Å². The Bertz CT molecular complexity index is 481. The van der Waals surface area contributed by atoms with Crippen molar-refractivity contribution >= 4 is 5.69 Å². The molecule has 2 nitrogen and oxygen atoms in total. The van der Waals surface area contributed by atoms with Crippen molar-refractivity contribution in [1.82, 2.24) is 0 Å². The SMILES string of the molecule is CN(CCc1ccccc1)c1ccccc1CO. The molecule has 0 aromatic heterocycles. The Morgan fingerprint density at radius 1 is 0.944 bits per heavy atom. The highest BCUT2D eigenvalue weighted by Crippen LogP contribution is 2.19. The van der Waals surface area contributed by atoms with Gasteiger partial charge in [-0.3, -0.25) is 0 Å². The van der Waals surface area contributed by atoms with Crippen molar-refractivity contribution in [3.05, 3.63) is 65.7 Å². The van der Waals surface area contributed by atoms with Gasteiger partial charge in [0.15, 0.2) is 0 Å². The van der Waals surface area contributed by atoms with Crippen LogP contribution in [0.3, 0.4) is 0 Å². The zero-order valence-corrected chi connectivity index (χ0v) is 10.7. The van der Waals surface area contributed by atoms with Crippen LogP contribution in [-0.4, -0.2) is 18.7 Å². The summed E-state index contributed by atoms with van der Waals surface area (Å²) in [6.45, 7) is 1.03. The van der Waals surface area contributed by atoms with Crippen LogP contribution in [0.4, 0.5) is 5.69 Å². The summed E-state index contributed by atoms with van der Waals surface area (Å²) in [6, 6.07) is 18.4. The van der Waals surface area contributed by atoms with Crippen LogP contribution in [0.25, 0.3) is 0 Å². The maximum atomic E-state index is 9.33. The highest BCUT2D eigenvalue weighted by atomic mass is 16.3. The second kappa shape index (κ2) is 6.22. The first-order valence-electron chi connectivity index (χ1n) is 6.25. The Kier molecular flexibility index (Phi) is 4.37. The van der Waals surface area contributed by atoms with E-state index in [9.17, 15) is 5.11 Å². The number of aliphatic hydroxyl groups is 1. The lowest BCUT2D eigenvalue weighted by molar-refractivity contribution is 0.282. The lowest BCUT2D eigenvalue weighted by Gasteiger charge is -2.21. The van der Waals surface area contributed by atoms with E-state index >= 15 is 0 Å². The van der Waals surface area contributed by atoms with E-state index in [0.29, 0.717) is 0 Å². The number of hydrogen-bond donors (Lipinski definition) is 1. The van der Waals surface area contributed by atoms with E-state index in [0.717, 1.165) is 24.2 Å². The topological polar surface area (TPSA) is 23.5 Å². The van der Waals surface area contributed by atoms with Crippen LogP contribution < -0.4 is 4.90 Å². The van der Waals surface area contributed by atoms with E-state index in [1.807, 2.05) is 24.3 Å². The summed E-state index contributed by atoms with van der Waals surface area (Å²) in [5, 5.41) is 9.33. The van der Waals surface area contributed by atoms with Crippen molar-refractivity contribution in [3.63, 3.8) is 0 Å². The first-order chi connectivity index (χ1) is 8.81. The molecule has 2 heteroatoms. The van der Waals surface area contributed by atoms with E-state index in [1.54, 1.807) is 0 Å². The first kappa shape index (κ1) is 12.7. The molecule has 2 aromatic rings. The quantitative estimate of drug-likeness (QED) is 0.870. The number of aliphatic hydroxyl groups excluding tert-OH is 1. The lowest BCUT2D eigenvalue weighted by atomic mass is 10.1. The predicted octanol–water partition coefficient (Wildman–Crippen LogP) is 2.86. The van der Waals surface area contributed by atoms with Gasteiger partial charge < -0.3 is 10.0 Å². The van der Waals surface area contributed by atoms with E-state index in [-0.39, 0.29) is 6.61 Å². The van der Waals surface area contributed by atoms with Gasteiger partial charge in [-0.2, -0.15) is 0 Å². The molecule has 0 amide bonds. The average molecular weight is 241 g/mol. The van der Waals surface area contributed by atoms with Gasteiger partial charge in [0.2, 0.25) is 0 Å². The maximum absolute atomic E-state index is 9.33. The maximum Gasteiger partial charge on any atom is 0.0702 e. The van der Waals surface area contributed by atoms with E-state index in [2.05, 4.69) is 42.3 Å². The van der Waals surface area contributed by atoms with Crippen molar-refractivity contribution < 1.29 is 5.11 Å². The molecule has 0 aliphatic heterocycles. The fraction of sp³-hybridized carbons (Fsp3) is 0.250. The molecule has 2 aromatic carbocycles. The Morgan fingerprint density at radius 2 is 1.61 bits per heavy atom. The van der Waals surface area contributed by atoms with Crippen molar-refractivity contribution in [2.45, 2.75) is 13.0 Å². The molecule has 0 heterocycles. The third kappa shape index (κ3) is 3.11. The molecule has 0 saturated carbocycles. The number of benzene rings is 2. The number of rotatable bonds is 5. The minimum Gasteiger partial charge on any atom is -0.392 e. The molecule has 0 atom stereocenters. The second-order valence-electron chi connectivity index (χ2n) is 4.44. The number of likely N-dealkylation sites (N-methyl/N-ethyl adjacent to an activating group) is 1. The molecule has 1 N–H and O–H groups in total. The zero-order chi connectivity index (χ0) is 12.8. The zero-order valence-electron chi connectivity index (χ0n) is 10.7. The normalized spacial score (nSPS) is 10.3. The Balaban J connectivity index is 2.01. The van der Waals surface area contributed by atoms with Gasteiger partial charge in [0.25, 0.3) is 0 Å². The van der Waals surface area contributed by atoms with Gasteiger partial charge in [-0.05, 0) is 18.1 Å². The van der Waals surface area contributed by atoms with Gasteiger partial charge in [0.05, 0.1) is 6.61 Å². The molecule has 0 saturated heterocycles. The largest absolute Gasteiger partial charge is 0.392 e. The standard InChI is InChI=1S/C16H19NO/c1-17(12-11-14-7-3-2-4-8-14)16-10-6-5-9-15(16)13-18/h2-10,18H,11-13H2,1H3. The van der Waals surface area contributed by atoms with Crippen molar-refractivity contribution in [2.24, 2.45) is 0 Å². The molecule has 0 spiro atoms. The van der Waals surface area contributed by atoms with Gasteiger partial charge >= 0.3 is 0 Å². The monoisotopic (exact) mass is 241 g/mol. The molecular formula is C16H19NO. The molecule has 0 unspecified atom stereocenters. The summed E-state index contributed by atoms with van der Waals surface area (Å²) >= 11 is 0. The molecular weight excluding hydrogens is 222 g/mol. The van der Waals surface area contributed by atoms with Crippen LogP contribution in [-0.2, 0) is 13.0 Å². The summed E-state index contributed by atoms with van der Waals surface area (Å²) in [5.41, 5.74) is 3.43. The Hall–Kier alpha value is -1.80. The molecule has 0 aliphatic rings. The number of nitrogens with zero attached hydrogens (tertiary/aromatic N) is 1. The summed E-state index contributed by atoms with van der Waals surface area (Å²) in [5.74, 6) is 0. The molecule has 0 fully saturated rings. The summed E-state index contributed by atoms with van der Waals surface area (Å²) in [4.78, 5) is 2.19. The highest BCUT2D eigenvalue weighted by molar-refractivity contribution is 5.52. The lowest BCUT2D eigenvalue weighted by Crippen LogP contribution is -2.21. The minimum atomic E-state index is 0.0891. The van der Waals surface area contributed by atoms with Crippen molar-refractivity contribution in [2.75, 3.05) is 18.5 Å². The van der Waals surface area contributed by atoms with Gasteiger partial charge in [0.1, 0.15) is 0 Å². The van der Waals surface area contributed by atoms with Crippen LogP contribution in [0, 0.1) is 0 Å². The molecule has 0 aliphatic carbocycles. The van der Waals surface area contributed by atoms with Crippen LogP contribution in [0.15, 0.2) is 54.6 Å². The molecule has 18 heavy (non-hydrogen) atoms. The highest BCUT2D eigenvalue weighted by Gasteiger charge is 2.05. The summed E-state index contributed by atoms with van der Waals surface area (Å²) in [6.07, 6.45) is 1.01. The third-order valence-corrected chi connectivity index (χ3v) is 3.15. The van der Waals surface area contributed by atoms with Gasteiger partial charge in [-0.25, -0.2) is 0 Å². The van der Waals surface area contributed by atoms with Gasteiger partial charge in [-0.15, -0.1) is 0 Å². The molecule has 0 radical (unpaired) electrons. The minimum absolute atomic E-state index is 0.0891. The third-order valence-electron chi connectivity index (χ3n) is 3.15. The molecule has 0 bridgehead atoms. The number of hydrogen-bond acceptors (Lipinski definition) is 2. The van der Waals surface area contributed by atoms with Crippen molar-refractivity contribution in [3.8, 4) is 0 Å². The van der Waals surface area contributed by atoms with E-state index in [1.165, 1.54) is 5.56 Å². The second-order valence-corrected chi connectivity index (χ2v) is 4.44. The predicted molar refractivity (Wildman–Crippen MR) is 75.8 cm³/mol. The smallest absolute Gasteiger partial charge is 0.0702 e. The first-order valence-corrected chi connectivity index (χ1v) is 6.25. The number of anilines is 1. The van der Waals surface area contributed by atoms with Crippen molar-refractivity contribution in [1.29, 1.82) is 0 Å². The summed E-state index contributed by atoms with van der Waals surface area (Å²) < 4.78 is 0. The fourth-order valence-corrected chi connectivity index (χ4v) is 2.08. The Morgan fingerprint density at radius 3 is 2.33 bits per heavy atom. The van der Waals surface area contributed by atoms with Gasteiger partial charge in [0, 0.05) is 24.8 Å². The van der Waals surface area contributed by atoms with Crippen LogP contribution in [0.1, 0.15) is 11.1 Å². The van der Waals surface area contributed by atoms with E-state index in [4.69, 9.17) is 0 Å². The molecule has 94 valence electrons.